The van der Waals surface area contributed by atoms with E-state index >= 15 is 0 Å². The molecular weight excluding hydrogens is 232 g/mol. The summed E-state index contributed by atoms with van der Waals surface area (Å²) >= 11 is 0. The Morgan fingerprint density at radius 3 is 2.67 bits per heavy atom. The molecule has 0 radical (unpaired) electrons. The van der Waals surface area contributed by atoms with Crippen LogP contribution in [0.4, 0.5) is 0 Å². The van der Waals surface area contributed by atoms with Crippen LogP contribution in [0.1, 0.15) is 26.7 Å². The first-order valence-electron chi connectivity index (χ1n) is 6.41. The van der Waals surface area contributed by atoms with Gasteiger partial charge >= 0.3 is 0 Å². The molecule has 0 atom stereocenters. The minimum atomic E-state index is -0.793. The Labute approximate surface area is 108 Å². The van der Waals surface area contributed by atoms with Crippen LogP contribution in [0.3, 0.4) is 0 Å². The summed E-state index contributed by atoms with van der Waals surface area (Å²) in [6.45, 7) is 6.44. The number of likely N-dealkylation sites (N-methyl/N-ethyl adjacent to an activating group) is 1. The predicted molar refractivity (Wildman–Crippen MR) is 70.4 cm³/mol. The Balaban J connectivity index is 2.52. The van der Waals surface area contributed by atoms with Gasteiger partial charge in [0.05, 0.1) is 0 Å². The van der Waals surface area contributed by atoms with Crippen LogP contribution in [0, 0.1) is 11.3 Å². The third kappa shape index (κ3) is 2.93. The van der Waals surface area contributed by atoms with Crippen molar-refractivity contribution in [1.29, 1.82) is 0 Å². The number of carbonyl (C=O) groups is 1. The van der Waals surface area contributed by atoms with Gasteiger partial charge in [0, 0.05) is 13.1 Å². The molecule has 104 valence electrons. The molecule has 1 rings (SSSR count). The largest absolute Gasteiger partial charge is 0.409 e. The first kappa shape index (κ1) is 14.8. The van der Waals surface area contributed by atoms with Crippen molar-refractivity contribution in [3.05, 3.63) is 0 Å². The third-order valence-corrected chi connectivity index (χ3v) is 3.75. The minimum absolute atomic E-state index is 0.0296. The van der Waals surface area contributed by atoms with Gasteiger partial charge in [-0.3, -0.25) is 4.79 Å². The Kier molecular flexibility index (Phi) is 4.95. The molecule has 0 aromatic rings. The van der Waals surface area contributed by atoms with E-state index < -0.39 is 5.41 Å². The Hall–Kier alpha value is -1.30. The summed E-state index contributed by atoms with van der Waals surface area (Å²) in [6, 6.07) is 0. The lowest BCUT2D eigenvalue weighted by atomic mass is 9.61. The molecule has 0 spiro atoms. The van der Waals surface area contributed by atoms with Gasteiger partial charge in [-0.2, -0.15) is 0 Å². The number of nitrogens with zero attached hydrogens (tertiary/aromatic N) is 2. The zero-order chi connectivity index (χ0) is 13.8. The van der Waals surface area contributed by atoms with Crippen molar-refractivity contribution in [3.8, 4) is 0 Å². The molecule has 1 saturated carbocycles. The fourth-order valence-corrected chi connectivity index (χ4v) is 2.42. The molecule has 1 aliphatic carbocycles. The summed E-state index contributed by atoms with van der Waals surface area (Å²) in [4.78, 5) is 14.3. The zero-order valence-electron chi connectivity index (χ0n) is 11.4. The molecule has 0 saturated heterocycles. The van der Waals surface area contributed by atoms with E-state index in [9.17, 15) is 4.79 Å². The predicted octanol–water partition coefficient (Wildman–Crippen LogP) is 0.217. The zero-order valence-corrected chi connectivity index (χ0v) is 11.4. The lowest BCUT2D eigenvalue weighted by Crippen LogP contribution is -2.57. The average Bonchev–Trinajstić information content (AvgIpc) is 2.33. The lowest BCUT2D eigenvalue weighted by Gasteiger charge is -2.43. The van der Waals surface area contributed by atoms with E-state index in [0.717, 1.165) is 13.1 Å². The first-order chi connectivity index (χ1) is 8.46. The highest BCUT2D eigenvalue weighted by Gasteiger charge is 2.51. The maximum absolute atomic E-state index is 12.2. The van der Waals surface area contributed by atoms with Gasteiger partial charge in [-0.05, 0) is 32.4 Å². The van der Waals surface area contributed by atoms with Crippen LogP contribution < -0.4 is 11.1 Å². The minimum Gasteiger partial charge on any atom is -0.409 e. The Morgan fingerprint density at radius 1 is 1.61 bits per heavy atom. The number of nitrogens with two attached hydrogens (primary N) is 1. The number of hydrogen-bond acceptors (Lipinski definition) is 4. The van der Waals surface area contributed by atoms with Gasteiger partial charge in [0.1, 0.15) is 5.41 Å². The summed E-state index contributed by atoms with van der Waals surface area (Å²) in [6.07, 6.45) is 1.30. The number of rotatable bonds is 6. The van der Waals surface area contributed by atoms with Gasteiger partial charge < -0.3 is 21.2 Å². The van der Waals surface area contributed by atoms with E-state index in [1.165, 1.54) is 0 Å². The molecule has 1 aliphatic rings. The molecule has 0 heterocycles. The summed E-state index contributed by atoms with van der Waals surface area (Å²) in [5.41, 5.74) is 4.87. The van der Waals surface area contributed by atoms with Crippen LogP contribution >= 0.6 is 0 Å². The summed E-state index contributed by atoms with van der Waals surface area (Å²) in [5.74, 6) is 0.344. The van der Waals surface area contributed by atoms with E-state index in [1.807, 2.05) is 7.05 Å². The highest BCUT2D eigenvalue weighted by Crippen LogP contribution is 2.45. The topological polar surface area (TPSA) is 91.0 Å². The number of amides is 1. The second-order valence-electron chi connectivity index (χ2n) is 5.23. The fourth-order valence-electron chi connectivity index (χ4n) is 2.42. The van der Waals surface area contributed by atoms with Crippen molar-refractivity contribution < 1.29 is 10.0 Å². The molecule has 6 nitrogen and oxygen atoms in total. The van der Waals surface area contributed by atoms with Crippen molar-refractivity contribution in [2.75, 3.05) is 26.7 Å². The van der Waals surface area contributed by atoms with Crippen molar-refractivity contribution in [3.63, 3.8) is 0 Å². The van der Waals surface area contributed by atoms with Crippen LogP contribution in [0.15, 0.2) is 5.16 Å². The second-order valence-corrected chi connectivity index (χ2v) is 5.23. The van der Waals surface area contributed by atoms with Crippen LogP contribution in [-0.4, -0.2) is 48.5 Å². The molecule has 1 amide bonds. The van der Waals surface area contributed by atoms with Crippen molar-refractivity contribution in [1.82, 2.24) is 10.2 Å². The maximum Gasteiger partial charge on any atom is 0.234 e. The SMILES string of the molecule is CCN(C)CCNC(=O)C1(C(N)=NO)CC(C)C1. The van der Waals surface area contributed by atoms with E-state index in [2.05, 4.69) is 29.2 Å². The van der Waals surface area contributed by atoms with Gasteiger partial charge in [0.15, 0.2) is 5.84 Å². The van der Waals surface area contributed by atoms with Crippen LogP contribution in [0.5, 0.6) is 0 Å². The van der Waals surface area contributed by atoms with Crippen molar-refractivity contribution in [2.45, 2.75) is 26.7 Å². The third-order valence-electron chi connectivity index (χ3n) is 3.75. The number of amidine groups is 1. The molecule has 0 aromatic carbocycles. The van der Waals surface area contributed by atoms with Crippen LogP contribution in [0.25, 0.3) is 0 Å². The fraction of sp³-hybridized carbons (Fsp3) is 0.833. The van der Waals surface area contributed by atoms with E-state index in [1.54, 1.807) is 0 Å². The summed E-state index contributed by atoms with van der Waals surface area (Å²) in [7, 11) is 2.00. The molecule has 0 aromatic heterocycles. The Morgan fingerprint density at radius 2 is 2.22 bits per heavy atom. The van der Waals surface area contributed by atoms with E-state index in [-0.39, 0.29) is 11.7 Å². The van der Waals surface area contributed by atoms with Crippen molar-refractivity contribution in [2.24, 2.45) is 22.2 Å². The first-order valence-corrected chi connectivity index (χ1v) is 6.41. The van der Waals surface area contributed by atoms with Crippen molar-refractivity contribution >= 4 is 11.7 Å². The smallest absolute Gasteiger partial charge is 0.234 e. The van der Waals surface area contributed by atoms with Gasteiger partial charge in [-0.1, -0.05) is 19.0 Å². The summed E-state index contributed by atoms with van der Waals surface area (Å²) in [5, 5.41) is 14.7. The van der Waals surface area contributed by atoms with Crippen LogP contribution in [0.2, 0.25) is 0 Å². The number of oxime groups is 1. The molecule has 18 heavy (non-hydrogen) atoms. The second kappa shape index (κ2) is 6.04. The molecule has 0 bridgehead atoms. The molecular formula is C12H24N4O2. The Bertz CT molecular complexity index is 324. The van der Waals surface area contributed by atoms with Crippen LogP contribution in [-0.2, 0) is 4.79 Å². The quantitative estimate of drug-likeness (QED) is 0.274. The molecule has 0 unspecified atom stereocenters. The lowest BCUT2D eigenvalue weighted by molar-refractivity contribution is -0.133. The van der Waals surface area contributed by atoms with Gasteiger partial charge in [-0.15, -0.1) is 0 Å². The highest BCUT2D eigenvalue weighted by molar-refractivity contribution is 6.07. The monoisotopic (exact) mass is 256 g/mol. The standard InChI is InChI=1S/C12H24N4O2/c1-4-16(3)6-5-14-11(17)12(10(13)15-18)7-9(2)8-12/h9,18H,4-8H2,1-3H3,(H2,13,15)(H,14,17). The van der Waals surface area contributed by atoms with Gasteiger partial charge in [0.25, 0.3) is 0 Å². The number of hydrogen-bond donors (Lipinski definition) is 3. The maximum atomic E-state index is 12.2. The molecule has 0 aliphatic heterocycles. The molecule has 1 fully saturated rings. The van der Waals surface area contributed by atoms with E-state index in [4.69, 9.17) is 10.9 Å². The number of nitrogens with one attached hydrogen (secondary N) is 1. The highest BCUT2D eigenvalue weighted by atomic mass is 16.4. The average molecular weight is 256 g/mol. The van der Waals surface area contributed by atoms with E-state index in [0.29, 0.717) is 25.3 Å². The molecule has 4 N–H and O–H groups in total. The van der Waals surface area contributed by atoms with Gasteiger partial charge in [-0.25, -0.2) is 0 Å². The summed E-state index contributed by atoms with van der Waals surface area (Å²) < 4.78 is 0. The number of carbonyl (C=O) groups excluding carboxylic acids is 1. The normalized spacial score (nSPS) is 28.0. The molecule has 6 heteroatoms. The van der Waals surface area contributed by atoms with Gasteiger partial charge in [0.2, 0.25) is 5.91 Å².